The second kappa shape index (κ2) is 5.91. The van der Waals surface area contributed by atoms with Crippen molar-refractivity contribution >= 4 is 17.6 Å². The Labute approximate surface area is 130 Å². The highest BCUT2D eigenvalue weighted by atomic mass is 16.6. The highest BCUT2D eigenvalue weighted by Gasteiger charge is 2.36. The number of hydrogen-bond acceptors (Lipinski definition) is 5. The summed E-state index contributed by atoms with van der Waals surface area (Å²) < 4.78 is 0. The van der Waals surface area contributed by atoms with E-state index in [1.54, 1.807) is 13.8 Å². The molecule has 2 rings (SSSR count). The van der Waals surface area contributed by atoms with E-state index in [4.69, 9.17) is 0 Å². The third kappa shape index (κ3) is 2.91. The van der Waals surface area contributed by atoms with E-state index >= 15 is 0 Å². The van der Waals surface area contributed by atoms with Crippen LogP contribution in [0, 0.1) is 10.1 Å². The number of carboxylic acid groups (broad SMARTS) is 2. The smallest absolute Gasteiger partial charge is 0.334 e. The van der Waals surface area contributed by atoms with Crippen LogP contribution in [-0.2, 0) is 9.59 Å². The van der Waals surface area contributed by atoms with E-state index < -0.39 is 22.8 Å². The summed E-state index contributed by atoms with van der Waals surface area (Å²) in [7, 11) is 0. The fourth-order valence-electron chi connectivity index (χ4n) is 2.68. The fourth-order valence-corrected chi connectivity index (χ4v) is 2.68. The van der Waals surface area contributed by atoms with Crippen molar-refractivity contribution in [2.75, 3.05) is 0 Å². The van der Waals surface area contributed by atoms with Crippen LogP contribution in [0.15, 0.2) is 46.8 Å². The molecule has 0 unspecified atom stereocenters. The molecule has 0 aliphatic carbocycles. The van der Waals surface area contributed by atoms with Gasteiger partial charge in [-0.1, -0.05) is 12.1 Å². The van der Waals surface area contributed by atoms with Crippen LogP contribution in [-0.4, -0.2) is 27.1 Å². The first-order valence-electron chi connectivity index (χ1n) is 6.63. The molecular formula is C15H14N2O6. The molecule has 0 atom stereocenters. The first kappa shape index (κ1) is 16.2. The Kier molecular flexibility index (Phi) is 4.17. The summed E-state index contributed by atoms with van der Waals surface area (Å²) in [6.45, 7) is 3.09. The molecule has 23 heavy (non-hydrogen) atoms. The molecule has 0 spiro atoms. The molecule has 8 heteroatoms. The predicted molar refractivity (Wildman–Crippen MR) is 79.6 cm³/mol. The molecule has 0 fully saturated rings. The van der Waals surface area contributed by atoms with Gasteiger partial charge in [-0.15, -0.1) is 0 Å². The number of aliphatic carboxylic acids is 2. The van der Waals surface area contributed by atoms with Gasteiger partial charge < -0.3 is 15.5 Å². The van der Waals surface area contributed by atoms with Gasteiger partial charge in [0.25, 0.3) is 5.69 Å². The summed E-state index contributed by atoms with van der Waals surface area (Å²) in [6.07, 6.45) is 0. The minimum absolute atomic E-state index is 0.0955. The van der Waals surface area contributed by atoms with Gasteiger partial charge in [-0.05, 0) is 19.4 Å². The molecular weight excluding hydrogens is 304 g/mol. The molecule has 0 saturated heterocycles. The van der Waals surface area contributed by atoms with Crippen molar-refractivity contribution in [3.05, 3.63) is 62.5 Å². The van der Waals surface area contributed by atoms with Gasteiger partial charge in [0, 0.05) is 23.5 Å². The third-order valence-electron chi connectivity index (χ3n) is 3.66. The third-order valence-corrected chi connectivity index (χ3v) is 3.66. The van der Waals surface area contributed by atoms with E-state index in [1.165, 1.54) is 24.3 Å². The fraction of sp³-hybridized carbons (Fsp3) is 0.200. The van der Waals surface area contributed by atoms with Crippen LogP contribution in [0.25, 0.3) is 0 Å². The van der Waals surface area contributed by atoms with Crippen molar-refractivity contribution in [3.8, 4) is 0 Å². The molecule has 3 N–H and O–H groups in total. The van der Waals surface area contributed by atoms with Crippen LogP contribution in [0.3, 0.4) is 0 Å². The van der Waals surface area contributed by atoms with E-state index in [1.807, 2.05) is 0 Å². The zero-order chi connectivity index (χ0) is 17.3. The number of nitrogens with zero attached hydrogens (tertiary/aromatic N) is 1. The van der Waals surface area contributed by atoms with Crippen LogP contribution in [0.1, 0.15) is 25.3 Å². The van der Waals surface area contributed by atoms with Gasteiger partial charge in [-0.25, -0.2) is 9.59 Å². The molecule has 0 bridgehead atoms. The van der Waals surface area contributed by atoms with Gasteiger partial charge in [0.15, 0.2) is 0 Å². The minimum Gasteiger partial charge on any atom is -0.478 e. The predicted octanol–water partition coefficient (Wildman–Crippen LogP) is 2.00. The van der Waals surface area contributed by atoms with Crippen molar-refractivity contribution in [1.29, 1.82) is 0 Å². The van der Waals surface area contributed by atoms with Crippen molar-refractivity contribution in [3.63, 3.8) is 0 Å². The van der Waals surface area contributed by atoms with Crippen LogP contribution < -0.4 is 5.32 Å². The highest BCUT2D eigenvalue weighted by molar-refractivity contribution is 5.98. The maximum Gasteiger partial charge on any atom is 0.334 e. The molecule has 8 nitrogen and oxygen atoms in total. The monoisotopic (exact) mass is 318 g/mol. The largest absolute Gasteiger partial charge is 0.478 e. The lowest BCUT2D eigenvalue weighted by Crippen LogP contribution is -2.30. The number of dihydropyridines is 1. The Hall–Kier alpha value is -3.16. The second-order valence-electron chi connectivity index (χ2n) is 5.09. The average molecular weight is 318 g/mol. The minimum atomic E-state index is -1.25. The number of nitro benzene ring substituents is 1. The highest BCUT2D eigenvalue weighted by Crippen LogP contribution is 2.38. The van der Waals surface area contributed by atoms with Gasteiger partial charge in [-0.3, -0.25) is 10.1 Å². The molecule has 1 aliphatic rings. The Morgan fingerprint density at radius 2 is 1.48 bits per heavy atom. The van der Waals surface area contributed by atoms with E-state index in [0.717, 1.165) is 0 Å². The molecule has 0 radical (unpaired) electrons. The molecule has 1 aromatic carbocycles. The molecule has 0 amide bonds. The SMILES string of the molecule is CC1=C(C(=O)O)C(c2ccc([N+](=O)[O-])cc2)C(C(=O)O)=C(C)N1. The number of nitrogens with one attached hydrogen (secondary N) is 1. The van der Waals surface area contributed by atoms with Gasteiger partial charge in [0.05, 0.1) is 22.0 Å². The number of carbonyl (C=O) groups is 2. The molecule has 0 saturated carbocycles. The van der Waals surface area contributed by atoms with Gasteiger partial charge in [0.2, 0.25) is 0 Å². The van der Waals surface area contributed by atoms with E-state index in [0.29, 0.717) is 17.0 Å². The van der Waals surface area contributed by atoms with Gasteiger partial charge in [0.1, 0.15) is 0 Å². The van der Waals surface area contributed by atoms with E-state index in [9.17, 15) is 29.9 Å². The lowest BCUT2D eigenvalue weighted by Gasteiger charge is -2.28. The standard InChI is InChI=1S/C15H14N2O6/c1-7-11(14(18)19)13(12(15(20)21)8(2)16-7)9-3-5-10(6-4-9)17(22)23/h3-6,13,16H,1-2H3,(H,18,19)(H,20,21). The number of non-ortho nitro benzene ring substituents is 1. The average Bonchev–Trinajstić information content (AvgIpc) is 2.45. The summed E-state index contributed by atoms with van der Waals surface area (Å²) in [5.74, 6) is -3.50. The zero-order valence-corrected chi connectivity index (χ0v) is 12.4. The Bertz CT molecular complexity index is 725. The quantitative estimate of drug-likeness (QED) is 0.571. The molecule has 0 aromatic heterocycles. The summed E-state index contributed by atoms with van der Waals surface area (Å²) in [6, 6.07) is 5.20. The first-order valence-corrected chi connectivity index (χ1v) is 6.63. The number of benzene rings is 1. The molecule has 1 heterocycles. The number of nitro groups is 1. The van der Waals surface area contributed by atoms with Crippen LogP contribution >= 0.6 is 0 Å². The zero-order valence-electron chi connectivity index (χ0n) is 12.4. The number of rotatable bonds is 4. The Morgan fingerprint density at radius 1 is 1.04 bits per heavy atom. The van der Waals surface area contributed by atoms with Crippen molar-refractivity contribution in [2.45, 2.75) is 19.8 Å². The van der Waals surface area contributed by atoms with Crippen molar-refractivity contribution in [2.24, 2.45) is 0 Å². The Morgan fingerprint density at radius 3 is 1.83 bits per heavy atom. The van der Waals surface area contributed by atoms with Gasteiger partial charge >= 0.3 is 11.9 Å². The number of allylic oxidation sites excluding steroid dienone is 2. The summed E-state index contributed by atoms with van der Waals surface area (Å²) in [5.41, 5.74) is 0.693. The van der Waals surface area contributed by atoms with Crippen LogP contribution in [0.4, 0.5) is 5.69 Å². The summed E-state index contributed by atoms with van der Waals surface area (Å²) in [5, 5.41) is 32.4. The van der Waals surface area contributed by atoms with Crippen molar-refractivity contribution < 1.29 is 24.7 Å². The maximum absolute atomic E-state index is 11.6. The van der Waals surface area contributed by atoms with E-state index in [-0.39, 0.29) is 16.8 Å². The maximum atomic E-state index is 11.6. The van der Waals surface area contributed by atoms with Gasteiger partial charge in [-0.2, -0.15) is 0 Å². The molecule has 120 valence electrons. The molecule has 1 aromatic rings. The second-order valence-corrected chi connectivity index (χ2v) is 5.09. The number of carboxylic acids is 2. The Balaban J connectivity index is 2.64. The van der Waals surface area contributed by atoms with Crippen LogP contribution in [0.5, 0.6) is 0 Å². The summed E-state index contributed by atoms with van der Waals surface area (Å²) >= 11 is 0. The van der Waals surface area contributed by atoms with Crippen molar-refractivity contribution in [1.82, 2.24) is 5.32 Å². The lowest BCUT2D eigenvalue weighted by molar-refractivity contribution is -0.384. The summed E-state index contributed by atoms with van der Waals surface area (Å²) in [4.78, 5) is 33.3. The van der Waals surface area contributed by atoms with E-state index in [2.05, 4.69) is 5.32 Å². The first-order chi connectivity index (χ1) is 10.7. The van der Waals surface area contributed by atoms with Crippen LogP contribution in [0.2, 0.25) is 0 Å². The number of hydrogen-bond donors (Lipinski definition) is 3. The molecule has 1 aliphatic heterocycles. The lowest BCUT2D eigenvalue weighted by atomic mass is 9.80. The topological polar surface area (TPSA) is 130 Å². The normalized spacial score (nSPS) is 15.4.